The standard InChI is InChI=1S/C24H32F2N6OS/c1-32(2)21-17-7-3-4-8-18(17)29-23(31-21)27-15-11-13-16(14-12-15)28-24(34)30-19-9-5-6-10-20(19)33-22(25)26/h5-6,9-10,15-16,22H,3-4,7-8,11-14H2,1-2H3,(H,27,29,31)(H2,28,30,34). The molecule has 2 aliphatic carbocycles. The molecule has 3 N–H and O–H groups in total. The van der Waals surface area contributed by atoms with Gasteiger partial charge in [-0.25, -0.2) is 4.98 Å². The second kappa shape index (κ2) is 11.1. The molecule has 0 amide bonds. The monoisotopic (exact) mass is 490 g/mol. The first-order valence-corrected chi connectivity index (χ1v) is 12.2. The largest absolute Gasteiger partial charge is 0.433 e. The maximum atomic E-state index is 12.6. The molecule has 0 saturated heterocycles. The Morgan fingerprint density at radius 1 is 1.06 bits per heavy atom. The van der Waals surface area contributed by atoms with Crippen LogP contribution in [0.25, 0.3) is 0 Å². The Labute approximate surface area is 204 Å². The van der Waals surface area contributed by atoms with E-state index in [9.17, 15) is 8.78 Å². The van der Waals surface area contributed by atoms with Gasteiger partial charge in [0.1, 0.15) is 11.6 Å². The minimum Gasteiger partial charge on any atom is -0.433 e. The van der Waals surface area contributed by atoms with E-state index in [1.807, 2.05) is 14.1 Å². The van der Waals surface area contributed by atoms with Crippen LogP contribution in [0.2, 0.25) is 0 Å². The van der Waals surface area contributed by atoms with Gasteiger partial charge in [-0.1, -0.05) is 12.1 Å². The number of para-hydroxylation sites is 2. The third kappa shape index (κ3) is 6.22. The molecular weight excluding hydrogens is 458 g/mol. The van der Waals surface area contributed by atoms with Crippen molar-refractivity contribution in [3.05, 3.63) is 35.5 Å². The van der Waals surface area contributed by atoms with Gasteiger partial charge < -0.3 is 25.6 Å². The number of benzene rings is 1. The molecule has 7 nitrogen and oxygen atoms in total. The summed E-state index contributed by atoms with van der Waals surface area (Å²) >= 11 is 5.41. The Hall–Kier alpha value is -2.75. The predicted octanol–water partition coefficient (Wildman–Crippen LogP) is 4.73. The maximum Gasteiger partial charge on any atom is 0.387 e. The number of hydrogen-bond acceptors (Lipinski definition) is 6. The number of alkyl halides is 2. The van der Waals surface area contributed by atoms with Gasteiger partial charge in [-0.05, 0) is 75.7 Å². The Morgan fingerprint density at radius 3 is 2.50 bits per heavy atom. The minimum atomic E-state index is -2.89. The lowest BCUT2D eigenvalue weighted by atomic mass is 9.91. The fourth-order valence-corrected chi connectivity index (χ4v) is 4.96. The molecule has 0 unspecified atom stereocenters. The van der Waals surface area contributed by atoms with Gasteiger partial charge in [0.2, 0.25) is 5.95 Å². The Balaban J connectivity index is 1.30. The van der Waals surface area contributed by atoms with Crippen molar-refractivity contribution in [2.24, 2.45) is 0 Å². The Morgan fingerprint density at radius 2 is 1.76 bits per heavy atom. The molecule has 2 aromatic rings. The van der Waals surface area contributed by atoms with E-state index in [0.29, 0.717) is 22.8 Å². The lowest BCUT2D eigenvalue weighted by molar-refractivity contribution is -0.0493. The van der Waals surface area contributed by atoms with Gasteiger partial charge >= 0.3 is 6.61 Å². The van der Waals surface area contributed by atoms with Gasteiger partial charge in [-0.15, -0.1) is 0 Å². The highest BCUT2D eigenvalue weighted by atomic mass is 32.1. The minimum absolute atomic E-state index is 0.0664. The topological polar surface area (TPSA) is 74.3 Å². The van der Waals surface area contributed by atoms with Crippen LogP contribution in [-0.4, -0.2) is 47.9 Å². The molecule has 1 aromatic carbocycles. The van der Waals surface area contributed by atoms with Gasteiger partial charge in [0, 0.05) is 31.7 Å². The summed E-state index contributed by atoms with van der Waals surface area (Å²) in [7, 11) is 4.07. The number of hydrogen-bond donors (Lipinski definition) is 3. The first-order valence-electron chi connectivity index (χ1n) is 11.8. The molecule has 0 aliphatic heterocycles. The Kier molecular flexibility index (Phi) is 7.97. The van der Waals surface area contributed by atoms with Gasteiger partial charge in [-0.2, -0.15) is 13.8 Å². The maximum absolute atomic E-state index is 12.6. The molecular formula is C24H32F2N6OS. The molecule has 0 radical (unpaired) electrons. The molecule has 1 saturated carbocycles. The number of aryl methyl sites for hydroxylation is 1. The lowest BCUT2D eigenvalue weighted by Crippen LogP contribution is -2.42. The predicted molar refractivity (Wildman–Crippen MR) is 135 cm³/mol. The van der Waals surface area contributed by atoms with E-state index >= 15 is 0 Å². The van der Waals surface area contributed by atoms with Crippen molar-refractivity contribution >= 4 is 34.8 Å². The number of rotatable bonds is 7. The third-order valence-electron chi connectivity index (χ3n) is 6.33. The second-order valence-electron chi connectivity index (χ2n) is 9.06. The van der Waals surface area contributed by atoms with Crippen molar-refractivity contribution in [1.82, 2.24) is 15.3 Å². The summed E-state index contributed by atoms with van der Waals surface area (Å²) < 4.78 is 29.8. The molecule has 34 heavy (non-hydrogen) atoms. The zero-order chi connectivity index (χ0) is 24.1. The van der Waals surface area contributed by atoms with Gasteiger partial charge in [0.25, 0.3) is 0 Å². The quantitative estimate of drug-likeness (QED) is 0.481. The molecule has 1 fully saturated rings. The number of fused-ring (bicyclic) bond motifs is 1. The van der Waals surface area contributed by atoms with E-state index in [4.69, 9.17) is 22.2 Å². The average molecular weight is 491 g/mol. The zero-order valence-electron chi connectivity index (χ0n) is 19.6. The van der Waals surface area contributed by atoms with E-state index in [1.54, 1.807) is 18.2 Å². The van der Waals surface area contributed by atoms with Gasteiger partial charge in [0.15, 0.2) is 5.11 Å². The third-order valence-corrected chi connectivity index (χ3v) is 6.55. The summed E-state index contributed by atoms with van der Waals surface area (Å²) in [6.07, 6.45) is 8.22. The first-order chi connectivity index (χ1) is 16.4. The lowest BCUT2D eigenvalue weighted by Gasteiger charge is -2.31. The van der Waals surface area contributed by atoms with Crippen LogP contribution < -0.4 is 25.6 Å². The smallest absolute Gasteiger partial charge is 0.387 e. The number of nitrogens with one attached hydrogen (secondary N) is 3. The summed E-state index contributed by atoms with van der Waals surface area (Å²) in [6.45, 7) is -2.89. The summed E-state index contributed by atoms with van der Waals surface area (Å²) in [5.41, 5.74) is 2.88. The van der Waals surface area contributed by atoms with Crippen LogP contribution in [0.15, 0.2) is 24.3 Å². The summed E-state index contributed by atoms with van der Waals surface area (Å²) in [4.78, 5) is 11.7. The SMILES string of the molecule is CN(C)c1nc(NC2CCC(NC(=S)Nc3ccccc3OC(F)F)CC2)nc2c1CCCC2. The zero-order valence-corrected chi connectivity index (χ0v) is 20.4. The van der Waals surface area contributed by atoms with E-state index in [1.165, 1.54) is 30.2 Å². The number of halogens is 2. The average Bonchev–Trinajstić information content (AvgIpc) is 2.80. The number of ether oxygens (including phenoxy) is 1. The summed E-state index contributed by atoms with van der Waals surface area (Å²) in [5.74, 6) is 1.81. The second-order valence-corrected chi connectivity index (χ2v) is 9.47. The molecule has 0 atom stereocenters. The molecule has 184 valence electrons. The molecule has 1 heterocycles. The van der Waals surface area contributed by atoms with Gasteiger partial charge in [0.05, 0.1) is 11.4 Å². The van der Waals surface area contributed by atoms with Crippen LogP contribution in [0.3, 0.4) is 0 Å². The highest BCUT2D eigenvalue weighted by molar-refractivity contribution is 7.80. The van der Waals surface area contributed by atoms with Gasteiger partial charge in [-0.3, -0.25) is 0 Å². The van der Waals surface area contributed by atoms with Crippen LogP contribution in [0, 0.1) is 0 Å². The number of aromatic nitrogens is 2. The van der Waals surface area contributed by atoms with Crippen molar-refractivity contribution in [1.29, 1.82) is 0 Å². The van der Waals surface area contributed by atoms with E-state index in [2.05, 4.69) is 25.6 Å². The fraction of sp³-hybridized carbons (Fsp3) is 0.542. The molecule has 2 aliphatic rings. The van der Waals surface area contributed by atoms with Crippen molar-refractivity contribution in [2.45, 2.75) is 70.1 Å². The van der Waals surface area contributed by atoms with E-state index in [-0.39, 0.29) is 11.8 Å². The molecule has 10 heteroatoms. The highest BCUT2D eigenvalue weighted by Crippen LogP contribution is 2.30. The van der Waals surface area contributed by atoms with Crippen LogP contribution in [0.5, 0.6) is 5.75 Å². The van der Waals surface area contributed by atoms with Crippen molar-refractivity contribution < 1.29 is 13.5 Å². The van der Waals surface area contributed by atoms with E-state index < -0.39 is 6.61 Å². The summed E-state index contributed by atoms with van der Waals surface area (Å²) in [5, 5.41) is 10.2. The molecule has 4 rings (SSSR count). The van der Waals surface area contributed by atoms with Crippen LogP contribution >= 0.6 is 12.2 Å². The summed E-state index contributed by atoms with van der Waals surface area (Å²) in [6, 6.07) is 7.04. The number of thiocarbonyl (C=S) groups is 1. The molecule has 1 aromatic heterocycles. The van der Waals surface area contributed by atoms with Crippen molar-refractivity contribution in [3.8, 4) is 5.75 Å². The number of anilines is 3. The van der Waals surface area contributed by atoms with Crippen LogP contribution in [-0.2, 0) is 12.8 Å². The normalized spacial score (nSPS) is 19.8. The molecule has 0 spiro atoms. The fourth-order valence-electron chi connectivity index (χ4n) is 4.69. The van der Waals surface area contributed by atoms with Crippen molar-refractivity contribution in [3.63, 3.8) is 0 Å². The molecule has 0 bridgehead atoms. The van der Waals surface area contributed by atoms with E-state index in [0.717, 1.165) is 44.3 Å². The van der Waals surface area contributed by atoms with Crippen LogP contribution in [0.4, 0.5) is 26.2 Å². The van der Waals surface area contributed by atoms with Crippen molar-refractivity contribution in [2.75, 3.05) is 29.6 Å². The van der Waals surface area contributed by atoms with Crippen LogP contribution in [0.1, 0.15) is 49.8 Å². The highest BCUT2D eigenvalue weighted by Gasteiger charge is 2.24. The Bertz CT molecular complexity index is 997. The number of nitrogens with zero attached hydrogens (tertiary/aromatic N) is 3. The first kappa shape index (κ1) is 24.4.